The first-order valence-electron chi connectivity index (χ1n) is 7.03. The lowest BCUT2D eigenvalue weighted by Crippen LogP contribution is -2.37. The van der Waals surface area contributed by atoms with Gasteiger partial charge in [0.05, 0.1) is 11.3 Å². The van der Waals surface area contributed by atoms with Crippen molar-refractivity contribution in [1.29, 1.82) is 0 Å². The fourth-order valence-corrected chi connectivity index (χ4v) is 3.20. The molecule has 20 heavy (non-hydrogen) atoms. The maximum atomic E-state index is 11.9. The lowest BCUT2D eigenvalue weighted by molar-refractivity contribution is -0.121. The number of nitrogens with one attached hydrogen (secondary N) is 1. The highest BCUT2D eigenvalue weighted by molar-refractivity contribution is 7.90. The zero-order valence-corrected chi connectivity index (χ0v) is 12.6. The van der Waals surface area contributed by atoms with Crippen molar-refractivity contribution < 1.29 is 13.2 Å². The van der Waals surface area contributed by atoms with E-state index in [0.29, 0.717) is 12.5 Å². The lowest BCUT2D eigenvalue weighted by Gasteiger charge is -2.22. The minimum atomic E-state index is -3.17. The third-order valence-corrected chi connectivity index (χ3v) is 4.81. The average molecular weight is 295 g/mol. The third-order valence-electron chi connectivity index (χ3n) is 3.69. The van der Waals surface area contributed by atoms with Gasteiger partial charge in [0.15, 0.2) is 9.84 Å². The van der Waals surface area contributed by atoms with Crippen LogP contribution in [0.2, 0.25) is 0 Å². The molecular weight excluding hydrogens is 274 g/mol. The van der Waals surface area contributed by atoms with Crippen molar-refractivity contribution in [1.82, 2.24) is 5.32 Å². The molecule has 1 aromatic rings. The Bertz CT molecular complexity index is 557. The summed E-state index contributed by atoms with van der Waals surface area (Å²) in [5.74, 6) is 0.0176. The van der Waals surface area contributed by atoms with Crippen LogP contribution in [0.25, 0.3) is 0 Å². The van der Waals surface area contributed by atoms with Gasteiger partial charge in [0.2, 0.25) is 5.91 Å². The minimum absolute atomic E-state index is 0.0176. The van der Waals surface area contributed by atoms with Crippen LogP contribution in [0.4, 0.5) is 0 Å². The van der Waals surface area contributed by atoms with Gasteiger partial charge in [0, 0.05) is 12.3 Å². The molecule has 0 radical (unpaired) electrons. The van der Waals surface area contributed by atoms with E-state index in [0.717, 1.165) is 18.4 Å². The highest BCUT2D eigenvalue weighted by Gasteiger charge is 2.16. The Morgan fingerprint density at radius 2 is 1.75 bits per heavy atom. The smallest absolute Gasteiger partial charge is 0.224 e. The van der Waals surface area contributed by atoms with Crippen molar-refractivity contribution in [2.24, 2.45) is 0 Å². The first-order chi connectivity index (χ1) is 9.45. The Hall–Kier alpha value is -1.36. The van der Waals surface area contributed by atoms with Crippen LogP contribution in [0.15, 0.2) is 29.2 Å². The number of amides is 1. The maximum absolute atomic E-state index is 11.9. The Balaban J connectivity index is 1.91. The number of hydrogen-bond donors (Lipinski definition) is 1. The monoisotopic (exact) mass is 295 g/mol. The Labute approximate surface area is 120 Å². The molecule has 1 N–H and O–H groups in total. The first-order valence-corrected chi connectivity index (χ1v) is 8.92. The summed E-state index contributed by atoms with van der Waals surface area (Å²) in [6.45, 7) is 0. The Morgan fingerprint density at radius 1 is 1.15 bits per heavy atom. The molecule has 1 fully saturated rings. The molecule has 5 heteroatoms. The van der Waals surface area contributed by atoms with Crippen LogP contribution in [-0.4, -0.2) is 26.6 Å². The normalized spacial score (nSPS) is 16.9. The van der Waals surface area contributed by atoms with Gasteiger partial charge in [-0.2, -0.15) is 0 Å². The molecule has 1 amide bonds. The molecule has 1 aliphatic rings. The molecule has 0 saturated heterocycles. The van der Waals surface area contributed by atoms with E-state index < -0.39 is 9.84 Å². The third kappa shape index (κ3) is 4.34. The van der Waals surface area contributed by atoms with Crippen molar-refractivity contribution in [2.45, 2.75) is 49.5 Å². The molecule has 0 aromatic heterocycles. The topological polar surface area (TPSA) is 63.2 Å². The number of carbonyl (C=O) groups is 1. The summed E-state index contributed by atoms with van der Waals surface area (Å²) < 4.78 is 22.7. The number of sulfone groups is 1. The van der Waals surface area contributed by atoms with Crippen molar-refractivity contribution in [2.75, 3.05) is 6.26 Å². The van der Waals surface area contributed by atoms with Gasteiger partial charge in [-0.05, 0) is 30.5 Å². The predicted octanol–water partition coefficient (Wildman–Crippen LogP) is 2.08. The quantitative estimate of drug-likeness (QED) is 0.925. The number of benzene rings is 1. The van der Waals surface area contributed by atoms with Crippen molar-refractivity contribution >= 4 is 15.7 Å². The van der Waals surface area contributed by atoms with Crippen molar-refractivity contribution in [3.05, 3.63) is 29.8 Å². The van der Waals surface area contributed by atoms with E-state index in [1.54, 1.807) is 24.3 Å². The Kier molecular flexibility index (Phi) is 4.81. The van der Waals surface area contributed by atoms with Gasteiger partial charge in [-0.3, -0.25) is 4.79 Å². The molecule has 110 valence electrons. The molecule has 0 unspecified atom stereocenters. The van der Waals surface area contributed by atoms with E-state index in [2.05, 4.69) is 5.32 Å². The van der Waals surface area contributed by atoms with Crippen LogP contribution < -0.4 is 5.32 Å². The van der Waals surface area contributed by atoms with Gasteiger partial charge in [0.1, 0.15) is 0 Å². The Morgan fingerprint density at radius 3 is 2.30 bits per heavy atom. The highest BCUT2D eigenvalue weighted by atomic mass is 32.2. The summed E-state index contributed by atoms with van der Waals surface area (Å²) >= 11 is 0. The molecule has 0 aliphatic heterocycles. The largest absolute Gasteiger partial charge is 0.353 e. The van der Waals surface area contributed by atoms with E-state index in [1.807, 2.05) is 0 Å². The van der Waals surface area contributed by atoms with Gasteiger partial charge in [-0.25, -0.2) is 8.42 Å². The summed E-state index contributed by atoms with van der Waals surface area (Å²) in [7, 11) is -3.17. The maximum Gasteiger partial charge on any atom is 0.224 e. The van der Waals surface area contributed by atoms with Crippen LogP contribution in [0.5, 0.6) is 0 Å². The fourth-order valence-electron chi connectivity index (χ4n) is 2.57. The van der Waals surface area contributed by atoms with Crippen LogP contribution in [0.3, 0.4) is 0 Å². The molecule has 2 rings (SSSR count). The molecule has 0 bridgehead atoms. The molecule has 0 atom stereocenters. The van der Waals surface area contributed by atoms with Gasteiger partial charge in [0.25, 0.3) is 0 Å². The minimum Gasteiger partial charge on any atom is -0.353 e. The van der Waals surface area contributed by atoms with E-state index in [-0.39, 0.29) is 10.8 Å². The molecule has 1 aromatic carbocycles. The second-order valence-corrected chi connectivity index (χ2v) is 7.51. The van der Waals surface area contributed by atoms with Crippen molar-refractivity contribution in [3.63, 3.8) is 0 Å². The van der Waals surface area contributed by atoms with Crippen LogP contribution in [0, 0.1) is 0 Å². The van der Waals surface area contributed by atoms with Gasteiger partial charge < -0.3 is 5.32 Å². The van der Waals surface area contributed by atoms with Crippen LogP contribution >= 0.6 is 0 Å². The summed E-state index contributed by atoms with van der Waals surface area (Å²) in [5.41, 5.74) is 0.839. The summed E-state index contributed by atoms with van der Waals surface area (Å²) in [5, 5.41) is 3.06. The number of hydrogen-bond acceptors (Lipinski definition) is 3. The average Bonchev–Trinajstić information content (AvgIpc) is 2.39. The standard InChI is InChI=1S/C15H21NO3S/c1-20(18,19)14-9-7-12(8-10-14)11-15(17)16-13-5-3-2-4-6-13/h7-10,13H,2-6,11H2,1H3,(H,16,17). The molecule has 0 spiro atoms. The van der Waals surface area contributed by atoms with E-state index in [9.17, 15) is 13.2 Å². The van der Waals surface area contributed by atoms with Gasteiger partial charge in [-0.15, -0.1) is 0 Å². The summed E-state index contributed by atoms with van der Waals surface area (Å²) in [6, 6.07) is 6.83. The molecule has 4 nitrogen and oxygen atoms in total. The van der Waals surface area contributed by atoms with E-state index in [1.165, 1.54) is 25.5 Å². The van der Waals surface area contributed by atoms with Crippen LogP contribution in [-0.2, 0) is 21.1 Å². The number of carbonyl (C=O) groups excluding carboxylic acids is 1. The van der Waals surface area contributed by atoms with E-state index in [4.69, 9.17) is 0 Å². The lowest BCUT2D eigenvalue weighted by atomic mass is 9.95. The zero-order chi connectivity index (χ0) is 14.6. The molecular formula is C15H21NO3S. The highest BCUT2D eigenvalue weighted by Crippen LogP contribution is 2.17. The number of rotatable bonds is 4. The summed E-state index contributed by atoms with van der Waals surface area (Å²) in [4.78, 5) is 12.2. The molecule has 1 saturated carbocycles. The van der Waals surface area contributed by atoms with Gasteiger partial charge >= 0.3 is 0 Å². The van der Waals surface area contributed by atoms with Crippen LogP contribution in [0.1, 0.15) is 37.7 Å². The SMILES string of the molecule is CS(=O)(=O)c1ccc(CC(=O)NC2CCCCC2)cc1. The molecule has 0 heterocycles. The second-order valence-electron chi connectivity index (χ2n) is 5.50. The second kappa shape index (κ2) is 6.39. The van der Waals surface area contributed by atoms with Gasteiger partial charge in [-0.1, -0.05) is 31.4 Å². The van der Waals surface area contributed by atoms with Crippen molar-refractivity contribution in [3.8, 4) is 0 Å². The van der Waals surface area contributed by atoms with E-state index >= 15 is 0 Å². The fraction of sp³-hybridized carbons (Fsp3) is 0.533. The zero-order valence-electron chi connectivity index (χ0n) is 11.8. The predicted molar refractivity (Wildman–Crippen MR) is 78.3 cm³/mol. The first kappa shape index (κ1) is 15.0. The molecule has 1 aliphatic carbocycles. The summed E-state index contributed by atoms with van der Waals surface area (Å²) in [6.07, 6.45) is 7.26.